The third-order valence-corrected chi connectivity index (χ3v) is 4.38. The van der Waals surface area contributed by atoms with Crippen LogP contribution < -0.4 is 10.7 Å². The maximum Gasteiger partial charge on any atom is 0.252 e. The fraction of sp³-hybridized carbons (Fsp3) is 0.250. The first-order chi connectivity index (χ1) is 12.7. The van der Waals surface area contributed by atoms with E-state index < -0.39 is 0 Å². The first-order valence-electron chi connectivity index (χ1n) is 8.56. The minimum atomic E-state index is -0.102. The number of carbonyl (C=O) groups is 2. The second-order valence-corrected chi connectivity index (χ2v) is 6.60. The summed E-state index contributed by atoms with van der Waals surface area (Å²) in [6.45, 7) is 0.591. The van der Waals surface area contributed by atoms with Gasteiger partial charge in [-0.05, 0) is 46.5 Å². The Hall–Kier alpha value is -2.47. The number of hydrogen-bond acceptors (Lipinski definition) is 3. The van der Waals surface area contributed by atoms with Crippen LogP contribution in [0.5, 0.6) is 0 Å². The van der Waals surface area contributed by atoms with Crippen LogP contribution in [0.2, 0.25) is 0 Å². The molecule has 5 nitrogen and oxygen atoms in total. The molecule has 0 bridgehead atoms. The van der Waals surface area contributed by atoms with Crippen molar-refractivity contribution in [3.8, 4) is 0 Å². The Kier molecular flexibility index (Phi) is 8.55. The van der Waals surface area contributed by atoms with E-state index in [1.54, 1.807) is 12.3 Å². The van der Waals surface area contributed by atoms with Gasteiger partial charge in [-0.15, -0.1) is 0 Å². The van der Waals surface area contributed by atoms with E-state index in [1.807, 2.05) is 48.5 Å². The summed E-state index contributed by atoms with van der Waals surface area (Å²) in [7, 11) is 0. The molecular weight excluding hydrogens is 394 g/mol. The van der Waals surface area contributed by atoms with E-state index >= 15 is 0 Å². The van der Waals surface area contributed by atoms with Crippen molar-refractivity contribution >= 4 is 34.0 Å². The van der Waals surface area contributed by atoms with Crippen molar-refractivity contribution in [2.75, 3.05) is 6.54 Å². The lowest BCUT2D eigenvalue weighted by atomic mass is 10.2. The maximum absolute atomic E-state index is 12.0. The van der Waals surface area contributed by atoms with Crippen molar-refractivity contribution in [3.05, 3.63) is 70.2 Å². The van der Waals surface area contributed by atoms with Gasteiger partial charge >= 0.3 is 0 Å². The second-order valence-electron chi connectivity index (χ2n) is 5.75. The highest BCUT2D eigenvalue weighted by atomic mass is 79.9. The number of hydrogen-bond donors (Lipinski definition) is 2. The van der Waals surface area contributed by atoms with Crippen LogP contribution in [0.25, 0.3) is 0 Å². The lowest BCUT2D eigenvalue weighted by Gasteiger charge is -2.06. The summed E-state index contributed by atoms with van der Waals surface area (Å²) in [5.41, 5.74) is 4.09. The fourth-order valence-electron chi connectivity index (χ4n) is 2.30. The number of hydrazone groups is 1. The number of unbranched alkanes of at least 4 members (excludes halogenated alkanes) is 2. The third-order valence-electron chi connectivity index (χ3n) is 3.69. The monoisotopic (exact) mass is 415 g/mol. The van der Waals surface area contributed by atoms with Gasteiger partial charge in [0.05, 0.1) is 11.8 Å². The number of benzene rings is 2. The van der Waals surface area contributed by atoms with Crippen molar-refractivity contribution in [2.45, 2.75) is 25.7 Å². The van der Waals surface area contributed by atoms with E-state index in [-0.39, 0.29) is 11.8 Å². The van der Waals surface area contributed by atoms with Crippen LogP contribution in [-0.2, 0) is 4.79 Å². The second kappa shape index (κ2) is 11.2. The first-order valence-corrected chi connectivity index (χ1v) is 9.36. The third kappa shape index (κ3) is 7.19. The minimum absolute atomic E-state index is 0.0922. The molecule has 2 aromatic rings. The Morgan fingerprint density at radius 2 is 1.69 bits per heavy atom. The highest BCUT2D eigenvalue weighted by Gasteiger charge is 2.07. The molecule has 0 saturated carbocycles. The zero-order valence-corrected chi connectivity index (χ0v) is 16.0. The average molecular weight is 416 g/mol. The molecule has 136 valence electrons. The molecule has 2 rings (SSSR count). The zero-order valence-electron chi connectivity index (χ0n) is 14.5. The summed E-state index contributed by atoms with van der Waals surface area (Å²) in [5, 5.41) is 6.82. The maximum atomic E-state index is 12.0. The summed E-state index contributed by atoms with van der Waals surface area (Å²) in [4.78, 5) is 23.7. The molecule has 0 aliphatic carbocycles. The molecule has 6 heteroatoms. The number of rotatable bonds is 9. The predicted molar refractivity (Wildman–Crippen MR) is 107 cm³/mol. The molecule has 0 spiro atoms. The summed E-state index contributed by atoms with van der Waals surface area (Å²) in [6, 6.07) is 16.9. The van der Waals surface area contributed by atoms with Crippen molar-refractivity contribution in [1.29, 1.82) is 0 Å². The lowest BCUT2D eigenvalue weighted by molar-refractivity contribution is -0.121. The van der Waals surface area contributed by atoms with Crippen molar-refractivity contribution in [3.63, 3.8) is 0 Å². The molecule has 0 aliphatic rings. The molecule has 0 unspecified atom stereocenters. The molecule has 0 fully saturated rings. The summed E-state index contributed by atoms with van der Waals surface area (Å²) in [5.74, 6) is -0.195. The standard InChI is InChI=1S/C20H22BrN3O2/c21-18-12-7-6-11-17(18)20(26)22-14-8-2-5-13-19(25)24-23-15-16-9-3-1-4-10-16/h1,3-4,6-7,9-12,15H,2,5,8,13-14H2,(H,22,26)(H,24,25)/b23-15+. The van der Waals surface area contributed by atoms with Gasteiger partial charge in [-0.2, -0.15) is 5.10 Å². The number of nitrogens with one attached hydrogen (secondary N) is 2. The van der Waals surface area contributed by atoms with Gasteiger partial charge in [0, 0.05) is 17.4 Å². The number of nitrogens with zero attached hydrogens (tertiary/aromatic N) is 1. The van der Waals surface area contributed by atoms with E-state index in [0.717, 1.165) is 29.3 Å². The molecule has 2 amide bonds. The largest absolute Gasteiger partial charge is 0.352 e. The van der Waals surface area contributed by atoms with Gasteiger partial charge < -0.3 is 5.32 Å². The molecule has 2 N–H and O–H groups in total. The van der Waals surface area contributed by atoms with Gasteiger partial charge in [0.2, 0.25) is 5.91 Å². The molecule has 0 atom stereocenters. The number of halogens is 1. The Balaban J connectivity index is 1.55. The zero-order chi connectivity index (χ0) is 18.6. The Labute approximate surface area is 162 Å². The summed E-state index contributed by atoms with van der Waals surface area (Å²) >= 11 is 3.37. The van der Waals surface area contributed by atoms with Gasteiger partial charge in [-0.3, -0.25) is 9.59 Å². The van der Waals surface area contributed by atoms with Gasteiger partial charge in [0.25, 0.3) is 5.91 Å². The highest BCUT2D eigenvalue weighted by Crippen LogP contribution is 2.15. The highest BCUT2D eigenvalue weighted by molar-refractivity contribution is 9.10. The van der Waals surface area contributed by atoms with Crippen LogP contribution in [0.15, 0.2) is 64.2 Å². The van der Waals surface area contributed by atoms with E-state index in [1.165, 1.54) is 0 Å². The molecule has 0 radical (unpaired) electrons. The van der Waals surface area contributed by atoms with E-state index in [0.29, 0.717) is 18.5 Å². The number of amides is 2. The smallest absolute Gasteiger partial charge is 0.252 e. The summed E-state index contributed by atoms with van der Waals surface area (Å²) in [6.07, 6.45) is 4.50. The quantitative estimate of drug-likeness (QED) is 0.370. The van der Waals surface area contributed by atoms with E-state index in [9.17, 15) is 9.59 Å². The van der Waals surface area contributed by atoms with Gasteiger partial charge in [0.15, 0.2) is 0 Å². The Bertz CT molecular complexity index is 748. The average Bonchev–Trinajstić information content (AvgIpc) is 2.65. The van der Waals surface area contributed by atoms with Gasteiger partial charge in [-0.25, -0.2) is 5.43 Å². The van der Waals surface area contributed by atoms with Crippen LogP contribution in [0.4, 0.5) is 0 Å². The lowest BCUT2D eigenvalue weighted by Crippen LogP contribution is -2.24. The van der Waals surface area contributed by atoms with Crippen LogP contribution >= 0.6 is 15.9 Å². The van der Waals surface area contributed by atoms with Crippen LogP contribution in [0, 0.1) is 0 Å². The minimum Gasteiger partial charge on any atom is -0.352 e. The van der Waals surface area contributed by atoms with Crippen LogP contribution in [-0.4, -0.2) is 24.6 Å². The molecular formula is C20H22BrN3O2. The Morgan fingerprint density at radius 1 is 0.962 bits per heavy atom. The van der Waals surface area contributed by atoms with Crippen molar-refractivity contribution in [2.24, 2.45) is 5.10 Å². The molecule has 2 aromatic carbocycles. The molecule has 0 aromatic heterocycles. The van der Waals surface area contributed by atoms with E-state index in [4.69, 9.17) is 0 Å². The normalized spacial score (nSPS) is 10.7. The Morgan fingerprint density at radius 3 is 2.46 bits per heavy atom. The predicted octanol–water partition coefficient (Wildman–Crippen LogP) is 3.89. The van der Waals surface area contributed by atoms with Crippen LogP contribution in [0.1, 0.15) is 41.6 Å². The topological polar surface area (TPSA) is 70.6 Å². The van der Waals surface area contributed by atoms with Gasteiger partial charge in [0.1, 0.15) is 0 Å². The number of carbonyl (C=O) groups excluding carboxylic acids is 2. The molecule has 0 saturated heterocycles. The SMILES string of the molecule is O=C(CCCCCNC(=O)c1ccccc1Br)N/N=C/c1ccccc1. The van der Waals surface area contributed by atoms with Crippen molar-refractivity contribution < 1.29 is 9.59 Å². The van der Waals surface area contributed by atoms with Gasteiger partial charge in [-0.1, -0.05) is 48.9 Å². The first kappa shape index (κ1) is 19.8. The van der Waals surface area contributed by atoms with Crippen molar-refractivity contribution in [1.82, 2.24) is 10.7 Å². The summed E-state index contributed by atoms with van der Waals surface area (Å²) < 4.78 is 0.783. The molecule has 0 aliphatic heterocycles. The van der Waals surface area contributed by atoms with E-state index in [2.05, 4.69) is 31.8 Å². The molecule has 0 heterocycles. The fourth-order valence-corrected chi connectivity index (χ4v) is 2.77. The van der Waals surface area contributed by atoms with Crippen LogP contribution in [0.3, 0.4) is 0 Å². The molecule has 26 heavy (non-hydrogen) atoms.